The SMILES string of the molecule is CSCCCCNCc1cccc(Cl)c1F. The molecule has 1 N–H and O–H groups in total. The van der Waals surface area contributed by atoms with Crippen LogP contribution in [0.25, 0.3) is 0 Å². The monoisotopic (exact) mass is 261 g/mol. The second kappa shape index (κ2) is 7.93. The van der Waals surface area contributed by atoms with Crippen LogP contribution in [0.4, 0.5) is 4.39 Å². The molecule has 1 aromatic carbocycles. The lowest BCUT2D eigenvalue weighted by molar-refractivity contribution is 0.581. The maximum atomic E-state index is 13.5. The Morgan fingerprint density at radius 1 is 1.38 bits per heavy atom. The molecule has 0 spiro atoms. The molecule has 0 atom stereocenters. The molecule has 16 heavy (non-hydrogen) atoms. The summed E-state index contributed by atoms with van der Waals surface area (Å²) in [5, 5.41) is 3.42. The van der Waals surface area contributed by atoms with Gasteiger partial charge in [0.2, 0.25) is 0 Å². The van der Waals surface area contributed by atoms with E-state index in [1.165, 1.54) is 12.2 Å². The molecule has 90 valence electrons. The van der Waals surface area contributed by atoms with Gasteiger partial charge >= 0.3 is 0 Å². The minimum absolute atomic E-state index is 0.196. The van der Waals surface area contributed by atoms with E-state index in [-0.39, 0.29) is 10.8 Å². The Hall–Kier alpha value is -0.250. The third kappa shape index (κ3) is 4.73. The van der Waals surface area contributed by atoms with Gasteiger partial charge in [-0.05, 0) is 37.5 Å². The smallest absolute Gasteiger partial charge is 0.146 e. The van der Waals surface area contributed by atoms with Crippen LogP contribution in [0.3, 0.4) is 0 Å². The highest BCUT2D eigenvalue weighted by molar-refractivity contribution is 7.98. The van der Waals surface area contributed by atoms with Gasteiger partial charge in [0, 0.05) is 12.1 Å². The van der Waals surface area contributed by atoms with E-state index >= 15 is 0 Å². The summed E-state index contributed by atoms with van der Waals surface area (Å²) >= 11 is 7.54. The highest BCUT2D eigenvalue weighted by Gasteiger charge is 2.04. The quantitative estimate of drug-likeness (QED) is 0.751. The first kappa shape index (κ1) is 13.8. The molecule has 0 aromatic heterocycles. The third-order valence-corrected chi connectivity index (χ3v) is 3.29. The van der Waals surface area contributed by atoms with E-state index in [0.29, 0.717) is 12.1 Å². The summed E-state index contributed by atoms with van der Waals surface area (Å²) in [7, 11) is 0. The van der Waals surface area contributed by atoms with Crippen molar-refractivity contribution < 1.29 is 4.39 Å². The van der Waals surface area contributed by atoms with Gasteiger partial charge in [-0.3, -0.25) is 0 Å². The lowest BCUT2D eigenvalue weighted by Gasteiger charge is -2.06. The first-order valence-corrected chi connectivity index (χ1v) is 7.15. The molecule has 0 aliphatic rings. The minimum Gasteiger partial charge on any atom is -0.313 e. The van der Waals surface area contributed by atoms with Crippen molar-refractivity contribution in [3.05, 3.63) is 34.6 Å². The van der Waals surface area contributed by atoms with Gasteiger partial charge in [0.1, 0.15) is 5.82 Å². The molecule has 0 radical (unpaired) electrons. The fourth-order valence-electron chi connectivity index (χ4n) is 1.40. The van der Waals surface area contributed by atoms with E-state index in [9.17, 15) is 4.39 Å². The Morgan fingerprint density at radius 2 is 2.19 bits per heavy atom. The summed E-state index contributed by atoms with van der Waals surface area (Å²) in [5.41, 5.74) is 0.636. The molecule has 0 saturated heterocycles. The zero-order valence-electron chi connectivity index (χ0n) is 9.43. The Labute approximate surface area is 106 Å². The van der Waals surface area contributed by atoms with Crippen molar-refractivity contribution in [3.63, 3.8) is 0 Å². The van der Waals surface area contributed by atoms with E-state index in [0.717, 1.165) is 13.0 Å². The Kier molecular flexibility index (Phi) is 6.85. The largest absolute Gasteiger partial charge is 0.313 e. The Balaban J connectivity index is 2.24. The third-order valence-electron chi connectivity index (χ3n) is 2.30. The average Bonchev–Trinajstić information content (AvgIpc) is 2.29. The molecule has 1 aromatic rings. The number of halogens is 2. The molecule has 0 heterocycles. The average molecular weight is 262 g/mol. The van der Waals surface area contributed by atoms with Gasteiger partial charge < -0.3 is 5.32 Å². The predicted molar refractivity (Wildman–Crippen MR) is 70.7 cm³/mol. The van der Waals surface area contributed by atoms with Crippen molar-refractivity contribution in [1.29, 1.82) is 0 Å². The van der Waals surface area contributed by atoms with Crippen LogP contribution >= 0.6 is 23.4 Å². The van der Waals surface area contributed by atoms with Crippen molar-refractivity contribution in [1.82, 2.24) is 5.32 Å². The normalized spacial score (nSPS) is 10.7. The van der Waals surface area contributed by atoms with Gasteiger partial charge in [-0.1, -0.05) is 23.7 Å². The molecule has 0 fully saturated rings. The summed E-state index contributed by atoms with van der Waals surface area (Å²) in [5.74, 6) is 0.883. The molecule has 0 bridgehead atoms. The fraction of sp³-hybridized carbons (Fsp3) is 0.500. The van der Waals surface area contributed by atoms with Crippen LogP contribution in [0.5, 0.6) is 0 Å². The number of nitrogens with one attached hydrogen (secondary N) is 1. The van der Waals surface area contributed by atoms with Crippen LogP contribution in [0, 0.1) is 5.82 Å². The number of hydrogen-bond acceptors (Lipinski definition) is 2. The number of benzene rings is 1. The second-order valence-corrected chi connectivity index (χ2v) is 4.98. The summed E-state index contributed by atoms with van der Waals surface area (Å²) < 4.78 is 13.5. The molecular weight excluding hydrogens is 245 g/mol. The molecule has 0 aliphatic heterocycles. The van der Waals surface area contributed by atoms with Crippen molar-refractivity contribution in [2.75, 3.05) is 18.6 Å². The van der Waals surface area contributed by atoms with Crippen LogP contribution < -0.4 is 5.32 Å². The Bertz CT molecular complexity index is 320. The maximum absolute atomic E-state index is 13.5. The molecule has 1 rings (SSSR count). The molecule has 4 heteroatoms. The second-order valence-electron chi connectivity index (χ2n) is 3.59. The van der Waals surface area contributed by atoms with Gasteiger partial charge in [0.15, 0.2) is 0 Å². The van der Waals surface area contributed by atoms with Crippen molar-refractivity contribution in [3.8, 4) is 0 Å². The van der Waals surface area contributed by atoms with Crippen LogP contribution in [0.2, 0.25) is 5.02 Å². The summed E-state index contributed by atoms with van der Waals surface area (Å²) in [6.07, 6.45) is 4.43. The molecule has 0 unspecified atom stereocenters. The number of hydrogen-bond donors (Lipinski definition) is 1. The first-order valence-electron chi connectivity index (χ1n) is 5.38. The van der Waals surface area contributed by atoms with Gasteiger partial charge in [-0.15, -0.1) is 0 Å². The van der Waals surface area contributed by atoms with E-state index in [2.05, 4.69) is 11.6 Å². The number of rotatable bonds is 7. The van der Waals surface area contributed by atoms with E-state index < -0.39 is 0 Å². The van der Waals surface area contributed by atoms with Crippen molar-refractivity contribution >= 4 is 23.4 Å². The lowest BCUT2D eigenvalue weighted by atomic mass is 10.2. The number of thioether (sulfide) groups is 1. The van der Waals surface area contributed by atoms with Gasteiger partial charge in [-0.25, -0.2) is 4.39 Å². The fourth-order valence-corrected chi connectivity index (χ4v) is 2.09. The topological polar surface area (TPSA) is 12.0 Å². The van der Waals surface area contributed by atoms with Gasteiger partial charge in [0.05, 0.1) is 5.02 Å². The number of unbranched alkanes of at least 4 members (excludes halogenated alkanes) is 1. The van der Waals surface area contributed by atoms with Crippen LogP contribution in [-0.2, 0) is 6.54 Å². The lowest BCUT2D eigenvalue weighted by Crippen LogP contribution is -2.15. The Morgan fingerprint density at radius 3 is 2.94 bits per heavy atom. The zero-order chi connectivity index (χ0) is 11.8. The molecule has 1 nitrogen and oxygen atoms in total. The van der Waals surface area contributed by atoms with Crippen molar-refractivity contribution in [2.45, 2.75) is 19.4 Å². The molecular formula is C12H17ClFNS. The highest BCUT2D eigenvalue weighted by atomic mass is 35.5. The van der Waals surface area contributed by atoms with Crippen LogP contribution in [0.15, 0.2) is 18.2 Å². The van der Waals surface area contributed by atoms with E-state index in [1.807, 2.05) is 11.8 Å². The van der Waals surface area contributed by atoms with E-state index in [1.54, 1.807) is 18.2 Å². The van der Waals surface area contributed by atoms with Crippen molar-refractivity contribution in [2.24, 2.45) is 0 Å². The van der Waals surface area contributed by atoms with Gasteiger partial charge in [-0.2, -0.15) is 11.8 Å². The maximum Gasteiger partial charge on any atom is 0.146 e. The standard InChI is InChI=1S/C12H17ClFNS/c1-16-8-3-2-7-15-9-10-5-4-6-11(13)12(10)14/h4-6,15H,2-3,7-9H2,1H3. The summed E-state index contributed by atoms with van der Waals surface area (Å²) in [6, 6.07) is 5.10. The first-order chi connectivity index (χ1) is 7.75. The summed E-state index contributed by atoms with van der Waals surface area (Å²) in [6.45, 7) is 1.47. The molecule has 0 amide bonds. The molecule has 0 aliphatic carbocycles. The molecule has 0 saturated carbocycles. The van der Waals surface area contributed by atoms with Crippen LogP contribution in [-0.4, -0.2) is 18.6 Å². The van der Waals surface area contributed by atoms with Gasteiger partial charge in [0.25, 0.3) is 0 Å². The van der Waals surface area contributed by atoms with Crippen LogP contribution in [0.1, 0.15) is 18.4 Å². The minimum atomic E-state index is -0.305. The summed E-state index contributed by atoms with van der Waals surface area (Å²) in [4.78, 5) is 0. The zero-order valence-corrected chi connectivity index (χ0v) is 11.0. The van der Waals surface area contributed by atoms with E-state index in [4.69, 9.17) is 11.6 Å². The highest BCUT2D eigenvalue weighted by Crippen LogP contribution is 2.17. The predicted octanol–water partition coefficient (Wildman–Crippen LogP) is 3.71.